The average Bonchev–Trinajstić information content (AvgIpc) is 3.13. The first kappa shape index (κ1) is 14.5. The van der Waals surface area contributed by atoms with Gasteiger partial charge < -0.3 is 15.0 Å². The summed E-state index contributed by atoms with van der Waals surface area (Å²) in [6.07, 6.45) is 1.38. The van der Waals surface area contributed by atoms with Gasteiger partial charge in [-0.3, -0.25) is 9.59 Å². The fourth-order valence-electron chi connectivity index (χ4n) is 2.20. The van der Waals surface area contributed by atoms with Crippen molar-refractivity contribution in [3.8, 4) is 0 Å². The maximum absolute atomic E-state index is 12.1. The van der Waals surface area contributed by atoms with Gasteiger partial charge in [0.1, 0.15) is 6.04 Å². The van der Waals surface area contributed by atoms with Gasteiger partial charge >= 0.3 is 5.97 Å². The lowest BCUT2D eigenvalue weighted by atomic mass is 10.2. The normalized spacial score (nSPS) is 17.9. The predicted molar refractivity (Wildman–Crippen MR) is 73.4 cm³/mol. The first-order chi connectivity index (χ1) is 9.63. The third-order valence-corrected chi connectivity index (χ3v) is 4.06. The van der Waals surface area contributed by atoms with Gasteiger partial charge in [0.15, 0.2) is 0 Å². The van der Waals surface area contributed by atoms with Gasteiger partial charge in [-0.05, 0) is 24.3 Å². The molecule has 1 aliphatic rings. The van der Waals surface area contributed by atoms with Crippen molar-refractivity contribution in [2.45, 2.75) is 18.9 Å². The lowest BCUT2D eigenvalue weighted by Crippen LogP contribution is -2.45. The van der Waals surface area contributed by atoms with E-state index in [1.54, 1.807) is 17.5 Å². The molecule has 1 fully saturated rings. The molecule has 0 aliphatic carbocycles. The van der Waals surface area contributed by atoms with E-state index in [-0.39, 0.29) is 18.4 Å². The van der Waals surface area contributed by atoms with Crippen LogP contribution in [0.3, 0.4) is 0 Å². The van der Waals surface area contributed by atoms with Gasteiger partial charge in [-0.25, -0.2) is 4.79 Å². The zero-order valence-corrected chi connectivity index (χ0v) is 11.9. The van der Waals surface area contributed by atoms with E-state index in [0.717, 1.165) is 6.42 Å². The highest BCUT2D eigenvalue weighted by Crippen LogP contribution is 2.18. The maximum Gasteiger partial charge on any atom is 0.328 e. The third-order valence-electron chi connectivity index (χ3n) is 3.19. The van der Waals surface area contributed by atoms with E-state index in [9.17, 15) is 14.4 Å². The molecule has 1 aliphatic heterocycles. The number of ether oxygens (including phenoxy) is 1. The summed E-state index contributed by atoms with van der Waals surface area (Å²) in [7, 11) is 1.31. The molecule has 2 rings (SSSR count). The van der Waals surface area contributed by atoms with Gasteiger partial charge in [0.2, 0.25) is 5.91 Å². The van der Waals surface area contributed by atoms with Crippen molar-refractivity contribution in [3.05, 3.63) is 22.4 Å². The van der Waals surface area contributed by atoms with Gasteiger partial charge in [0, 0.05) is 6.54 Å². The lowest BCUT2D eigenvalue weighted by Gasteiger charge is -2.22. The van der Waals surface area contributed by atoms with Crippen molar-refractivity contribution in [1.29, 1.82) is 0 Å². The maximum atomic E-state index is 12.1. The van der Waals surface area contributed by atoms with Crippen LogP contribution in [0.4, 0.5) is 0 Å². The van der Waals surface area contributed by atoms with Crippen LogP contribution in [0.2, 0.25) is 0 Å². The topological polar surface area (TPSA) is 75.7 Å². The number of amides is 2. The Morgan fingerprint density at radius 3 is 2.95 bits per heavy atom. The highest BCUT2D eigenvalue weighted by Gasteiger charge is 2.34. The smallest absolute Gasteiger partial charge is 0.328 e. The average molecular weight is 296 g/mol. The van der Waals surface area contributed by atoms with Crippen LogP contribution in [0.15, 0.2) is 17.5 Å². The number of nitrogens with one attached hydrogen (secondary N) is 1. The fourth-order valence-corrected chi connectivity index (χ4v) is 2.84. The minimum absolute atomic E-state index is 0.107. The summed E-state index contributed by atoms with van der Waals surface area (Å²) in [5.74, 6) is -0.939. The molecule has 0 unspecified atom stereocenters. The van der Waals surface area contributed by atoms with Crippen molar-refractivity contribution in [2.24, 2.45) is 0 Å². The summed E-state index contributed by atoms with van der Waals surface area (Å²) in [5.41, 5.74) is 0. The zero-order chi connectivity index (χ0) is 14.5. The monoisotopic (exact) mass is 296 g/mol. The van der Waals surface area contributed by atoms with Crippen LogP contribution in [0, 0.1) is 0 Å². The Labute approximate surface area is 120 Å². The molecule has 1 N–H and O–H groups in total. The molecule has 0 saturated carbocycles. The summed E-state index contributed by atoms with van der Waals surface area (Å²) in [6.45, 7) is 0.414. The fraction of sp³-hybridized carbons (Fsp3) is 0.462. The second-order valence-corrected chi connectivity index (χ2v) is 5.38. The van der Waals surface area contributed by atoms with Crippen LogP contribution in [0.1, 0.15) is 22.5 Å². The van der Waals surface area contributed by atoms with E-state index < -0.39 is 12.0 Å². The Hall–Kier alpha value is -1.89. The SMILES string of the molecule is COC(=O)[C@@H]1CCCN1C(=O)CNC(=O)c1cccs1. The molecule has 2 amide bonds. The molecule has 0 bridgehead atoms. The molecule has 1 saturated heterocycles. The Morgan fingerprint density at radius 2 is 2.30 bits per heavy atom. The van der Waals surface area contributed by atoms with E-state index in [0.29, 0.717) is 17.8 Å². The first-order valence-corrected chi connectivity index (χ1v) is 7.20. The molecule has 6 nitrogen and oxygen atoms in total. The zero-order valence-electron chi connectivity index (χ0n) is 11.1. The molecule has 7 heteroatoms. The molecule has 1 aromatic heterocycles. The van der Waals surface area contributed by atoms with Gasteiger partial charge in [0.05, 0.1) is 18.5 Å². The van der Waals surface area contributed by atoms with Gasteiger partial charge in [-0.1, -0.05) is 6.07 Å². The van der Waals surface area contributed by atoms with E-state index in [2.05, 4.69) is 10.1 Å². The quantitative estimate of drug-likeness (QED) is 0.827. The summed E-state index contributed by atoms with van der Waals surface area (Å²) < 4.78 is 4.68. The number of hydrogen-bond acceptors (Lipinski definition) is 5. The number of nitrogens with zero attached hydrogens (tertiary/aromatic N) is 1. The molecule has 108 valence electrons. The standard InChI is InChI=1S/C13H16N2O4S/c1-19-13(18)9-4-2-6-15(9)11(16)8-14-12(17)10-5-3-7-20-10/h3,5,7,9H,2,4,6,8H2,1H3,(H,14,17)/t9-/m0/s1. The van der Waals surface area contributed by atoms with Crippen molar-refractivity contribution < 1.29 is 19.1 Å². The summed E-state index contributed by atoms with van der Waals surface area (Å²) in [5, 5.41) is 4.36. The van der Waals surface area contributed by atoms with Crippen molar-refractivity contribution >= 4 is 29.1 Å². The third kappa shape index (κ3) is 3.16. The van der Waals surface area contributed by atoms with Crippen LogP contribution in [-0.4, -0.2) is 48.9 Å². The Morgan fingerprint density at radius 1 is 1.50 bits per heavy atom. The summed E-state index contributed by atoms with van der Waals surface area (Å²) in [4.78, 5) is 37.4. The molecule has 2 heterocycles. The molecule has 0 radical (unpaired) electrons. The molecule has 0 spiro atoms. The highest BCUT2D eigenvalue weighted by atomic mass is 32.1. The van der Waals surface area contributed by atoms with Crippen LogP contribution >= 0.6 is 11.3 Å². The summed E-state index contributed by atoms with van der Waals surface area (Å²) in [6, 6.07) is 2.94. The van der Waals surface area contributed by atoms with Crippen molar-refractivity contribution in [2.75, 3.05) is 20.2 Å². The Kier molecular flexibility index (Phi) is 4.73. The number of rotatable bonds is 4. The Bertz CT molecular complexity index is 500. The van der Waals surface area contributed by atoms with Crippen molar-refractivity contribution in [3.63, 3.8) is 0 Å². The summed E-state index contributed by atoms with van der Waals surface area (Å²) >= 11 is 1.31. The van der Waals surface area contributed by atoms with E-state index in [4.69, 9.17) is 0 Å². The van der Waals surface area contributed by atoms with Gasteiger partial charge in [0.25, 0.3) is 5.91 Å². The molecular formula is C13H16N2O4S. The van der Waals surface area contributed by atoms with Gasteiger partial charge in [-0.2, -0.15) is 0 Å². The van der Waals surface area contributed by atoms with Crippen LogP contribution in [0.5, 0.6) is 0 Å². The molecule has 1 atom stereocenters. The number of thiophene rings is 1. The number of likely N-dealkylation sites (tertiary alicyclic amines) is 1. The predicted octanol–water partition coefficient (Wildman–Crippen LogP) is 0.642. The number of carbonyl (C=O) groups is 3. The largest absolute Gasteiger partial charge is 0.467 e. The lowest BCUT2D eigenvalue weighted by molar-refractivity contribution is -0.150. The minimum atomic E-state index is -0.522. The van der Waals surface area contributed by atoms with E-state index in [1.807, 2.05) is 0 Å². The number of methoxy groups -OCH3 is 1. The highest BCUT2D eigenvalue weighted by molar-refractivity contribution is 7.12. The number of hydrogen-bond donors (Lipinski definition) is 1. The van der Waals surface area contributed by atoms with Gasteiger partial charge in [-0.15, -0.1) is 11.3 Å². The van der Waals surface area contributed by atoms with E-state index in [1.165, 1.54) is 23.3 Å². The number of carbonyl (C=O) groups excluding carboxylic acids is 3. The second kappa shape index (κ2) is 6.51. The number of esters is 1. The Balaban J connectivity index is 1.88. The first-order valence-electron chi connectivity index (χ1n) is 6.32. The molecule has 20 heavy (non-hydrogen) atoms. The van der Waals surface area contributed by atoms with Crippen molar-refractivity contribution in [1.82, 2.24) is 10.2 Å². The van der Waals surface area contributed by atoms with Crippen LogP contribution in [-0.2, 0) is 14.3 Å². The van der Waals surface area contributed by atoms with Crippen LogP contribution in [0.25, 0.3) is 0 Å². The van der Waals surface area contributed by atoms with Crippen LogP contribution < -0.4 is 5.32 Å². The van der Waals surface area contributed by atoms with E-state index >= 15 is 0 Å². The molecular weight excluding hydrogens is 280 g/mol. The second-order valence-electron chi connectivity index (χ2n) is 4.43. The molecule has 0 aromatic carbocycles. The minimum Gasteiger partial charge on any atom is -0.467 e. The molecule has 1 aromatic rings.